The maximum absolute atomic E-state index is 3.91. The fourth-order valence-corrected chi connectivity index (χ4v) is 3.89. The number of unbranched alkanes of at least 4 members (excludes halogenated alkanes) is 13. The van der Waals surface area contributed by atoms with Gasteiger partial charge in [-0.15, -0.1) is 0 Å². The van der Waals surface area contributed by atoms with Crippen molar-refractivity contribution >= 4 is 0 Å². The second-order valence-corrected chi connectivity index (χ2v) is 8.58. The van der Waals surface area contributed by atoms with Gasteiger partial charge in [-0.1, -0.05) is 129 Å². The van der Waals surface area contributed by atoms with Crippen LogP contribution in [0.5, 0.6) is 0 Å². The lowest BCUT2D eigenvalue weighted by atomic mass is 9.86. The van der Waals surface area contributed by atoms with Gasteiger partial charge in [-0.3, -0.25) is 0 Å². The molecule has 2 radical (unpaired) electrons. The van der Waals surface area contributed by atoms with Gasteiger partial charge in [0.25, 0.3) is 0 Å². The van der Waals surface area contributed by atoms with Crippen molar-refractivity contribution in [3.05, 3.63) is 26.0 Å². The van der Waals surface area contributed by atoms with Crippen molar-refractivity contribution in [1.82, 2.24) is 0 Å². The molecule has 0 heterocycles. The number of hydrogen-bond acceptors (Lipinski definition) is 0. The highest BCUT2D eigenvalue weighted by Gasteiger charge is 2.12. The monoisotopic (exact) mass is 362 g/mol. The zero-order chi connectivity index (χ0) is 19.3. The first-order chi connectivity index (χ1) is 12.7. The van der Waals surface area contributed by atoms with Crippen molar-refractivity contribution in [2.24, 2.45) is 11.8 Å². The normalized spacial score (nSPS) is 13.1. The van der Waals surface area contributed by atoms with Crippen LogP contribution < -0.4 is 0 Å². The van der Waals surface area contributed by atoms with E-state index in [4.69, 9.17) is 0 Å². The van der Waals surface area contributed by atoms with E-state index in [0.717, 1.165) is 24.7 Å². The standard InChI is InChI=1S/C26H50/c1-5-7-9-11-13-14-15-16-17-18-20-22-24-26(25(3)4)23-21-19-12-10-8-6-2/h8,10,25-26H,1-2,5-7,9,11-24H2,3-4H3. The quantitative estimate of drug-likeness (QED) is 0.149. The lowest BCUT2D eigenvalue weighted by Crippen LogP contribution is -2.08. The van der Waals surface area contributed by atoms with Crippen LogP contribution in [-0.4, -0.2) is 0 Å². The highest BCUT2D eigenvalue weighted by molar-refractivity contribution is 4.82. The molecule has 0 saturated heterocycles. The molecule has 0 spiro atoms. The molecule has 1 atom stereocenters. The first-order valence-electron chi connectivity index (χ1n) is 12.0. The molecule has 0 aliphatic carbocycles. The molecular formula is C26H50. The molecule has 0 aromatic carbocycles. The smallest absolute Gasteiger partial charge is 0.0351 e. The van der Waals surface area contributed by atoms with E-state index in [9.17, 15) is 0 Å². The molecule has 0 saturated carbocycles. The van der Waals surface area contributed by atoms with E-state index >= 15 is 0 Å². The summed E-state index contributed by atoms with van der Waals surface area (Å²) in [6.45, 7) is 12.6. The van der Waals surface area contributed by atoms with Gasteiger partial charge >= 0.3 is 0 Å². The number of allylic oxidation sites excluding steroid dienone is 2. The molecule has 0 bridgehead atoms. The van der Waals surface area contributed by atoms with Crippen LogP contribution in [0.1, 0.15) is 129 Å². The molecule has 0 aliphatic heterocycles. The van der Waals surface area contributed by atoms with Gasteiger partial charge in [-0.25, -0.2) is 0 Å². The maximum Gasteiger partial charge on any atom is -0.0351 e. The molecule has 0 aliphatic rings. The molecule has 154 valence electrons. The lowest BCUT2D eigenvalue weighted by Gasteiger charge is -2.20. The molecule has 0 aromatic heterocycles. The van der Waals surface area contributed by atoms with E-state index in [1.54, 1.807) is 0 Å². The lowest BCUT2D eigenvalue weighted by molar-refractivity contribution is 0.314. The van der Waals surface area contributed by atoms with Gasteiger partial charge in [-0.05, 0) is 38.0 Å². The molecule has 0 fully saturated rings. The minimum Gasteiger partial charge on any atom is -0.0885 e. The van der Waals surface area contributed by atoms with Crippen LogP contribution in [-0.2, 0) is 0 Å². The van der Waals surface area contributed by atoms with E-state index in [-0.39, 0.29) is 0 Å². The molecular weight excluding hydrogens is 312 g/mol. The van der Waals surface area contributed by atoms with Crippen molar-refractivity contribution in [3.8, 4) is 0 Å². The van der Waals surface area contributed by atoms with Crippen LogP contribution in [0.4, 0.5) is 0 Å². The van der Waals surface area contributed by atoms with Gasteiger partial charge in [0.15, 0.2) is 0 Å². The summed E-state index contributed by atoms with van der Waals surface area (Å²) in [5.74, 6) is 1.80. The fourth-order valence-electron chi connectivity index (χ4n) is 3.89. The Labute approximate surface area is 167 Å². The molecule has 26 heavy (non-hydrogen) atoms. The van der Waals surface area contributed by atoms with E-state index in [2.05, 4.69) is 39.8 Å². The van der Waals surface area contributed by atoms with Crippen molar-refractivity contribution in [2.45, 2.75) is 129 Å². The molecule has 1 unspecified atom stereocenters. The van der Waals surface area contributed by atoms with Gasteiger partial charge < -0.3 is 0 Å². The molecule has 0 amide bonds. The van der Waals surface area contributed by atoms with E-state index in [1.807, 2.05) is 0 Å². The molecule has 0 rings (SSSR count). The minimum atomic E-state index is 0.855. The van der Waals surface area contributed by atoms with Crippen molar-refractivity contribution in [1.29, 1.82) is 0 Å². The zero-order valence-electron chi connectivity index (χ0n) is 18.5. The SMILES string of the molecule is [CH2]CC=CCCCCC(CCCCCCCCCCCCC[CH2])C(C)C. The van der Waals surface area contributed by atoms with E-state index in [1.165, 1.54) is 103 Å². The average Bonchev–Trinajstić information content (AvgIpc) is 2.63. The van der Waals surface area contributed by atoms with Crippen LogP contribution in [0.25, 0.3) is 0 Å². The van der Waals surface area contributed by atoms with Crippen molar-refractivity contribution in [3.63, 3.8) is 0 Å². The Morgan fingerprint density at radius 3 is 1.50 bits per heavy atom. The maximum atomic E-state index is 3.91. The number of rotatable bonds is 20. The average molecular weight is 363 g/mol. The van der Waals surface area contributed by atoms with E-state index < -0.39 is 0 Å². The van der Waals surface area contributed by atoms with Crippen molar-refractivity contribution < 1.29 is 0 Å². The summed E-state index contributed by atoms with van der Waals surface area (Å²) >= 11 is 0. The molecule has 0 nitrogen and oxygen atoms in total. The Hall–Kier alpha value is -0.260. The molecule has 0 aromatic rings. The summed E-state index contributed by atoms with van der Waals surface area (Å²) in [7, 11) is 0. The minimum absolute atomic E-state index is 0.855. The summed E-state index contributed by atoms with van der Waals surface area (Å²) in [5, 5.41) is 0. The Kier molecular flexibility index (Phi) is 20.8. The van der Waals surface area contributed by atoms with Crippen LogP contribution in [0.15, 0.2) is 12.2 Å². The third-order valence-electron chi connectivity index (χ3n) is 5.80. The van der Waals surface area contributed by atoms with Gasteiger partial charge in [0.2, 0.25) is 0 Å². The van der Waals surface area contributed by atoms with Crippen LogP contribution in [0.3, 0.4) is 0 Å². The summed E-state index contributed by atoms with van der Waals surface area (Å²) in [6, 6.07) is 0. The first kappa shape index (κ1) is 25.7. The third kappa shape index (κ3) is 18.5. The van der Waals surface area contributed by atoms with Gasteiger partial charge in [0.1, 0.15) is 0 Å². The largest absolute Gasteiger partial charge is 0.0885 e. The topological polar surface area (TPSA) is 0 Å². The predicted molar refractivity (Wildman–Crippen MR) is 121 cm³/mol. The summed E-state index contributed by atoms with van der Waals surface area (Å²) in [4.78, 5) is 0. The van der Waals surface area contributed by atoms with Crippen LogP contribution >= 0.6 is 0 Å². The fraction of sp³-hybridized carbons (Fsp3) is 0.846. The summed E-state index contributed by atoms with van der Waals surface area (Å²) < 4.78 is 0. The Morgan fingerprint density at radius 2 is 1.04 bits per heavy atom. The first-order valence-corrected chi connectivity index (χ1v) is 12.0. The summed E-state index contributed by atoms with van der Waals surface area (Å²) in [6.07, 6.45) is 29.3. The van der Waals surface area contributed by atoms with E-state index in [0.29, 0.717) is 0 Å². The van der Waals surface area contributed by atoms with Gasteiger partial charge in [0, 0.05) is 0 Å². The Bertz CT molecular complexity index is 276. The zero-order valence-corrected chi connectivity index (χ0v) is 18.5. The Morgan fingerprint density at radius 1 is 0.577 bits per heavy atom. The van der Waals surface area contributed by atoms with Gasteiger partial charge in [-0.2, -0.15) is 0 Å². The predicted octanol–water partition coefficient (Wildman–Crippen LogP) is 9.50. The summed E-state index contributed by atoms with van der Waals surface area (Å²) in [5.41, 5.74) is 0. The van der Waals surface area contributed by atoms with Crippen LogP contribution in [0, 0.1) is 25.7 Å². The Balaban J connectivity index is 3.44. The van der Waals surface area contributed by atoms with Crippen molar-refractivity contribution in [2.75, 3.05) is 0 Å². The molecule has 0 heteroatoms. The molecule has 0 N–H and O–H groups in total. The highest BCUT2D eigenvalue weighted by atomic mass is 14.2. The highest BCUT2D eigenvalue weighted by Crippen LogP contribution is 2.25. The van der Waals surface area contributed by atoms with Crippen LogP contribution in [0.2, 0.25) is 0 Å². The van der Waals surface area contributed by atoms with Gasteiger partial charge in [0.05, 0.1) is 0 Å². The second-order valence-electron chi connectivity index (χ2n) is 8.58. The second kappa shape index (κ2) is 21.0. The number of hydrogen-bond donors (Lipinski definition) is 0. The third-order valence-corrected chi connectivity index (χ3v) is 5.80.